The maximum absolute atomic E-state index is 12.6. The van der Waals surface area contributed by atoms with Crippen molar-refractivity contribution in [2.75, 3.05) is 7.05 Å². The summed E-state index contributed by atoms with van der Waals surface area (Å²) in [4.78, 5) is 18.7. The molecule has 0 saturated heterocycles. The van der Waals surface area contributed by atoms with Crippen LogP contribution in [0.15, 0.2) is 53.9 Å². The molecule has 0 saturated carbocycles. The van der Waals surface area contributed by atoms with Crippen LogP contribution in [-0.4, -0.2) is 22.8 Å². The van der Waals surface area contributed by atoms with Gasteiger partial charge in [0.05, 0.1) is 10.7 Å². The van der Waals surface area contributed by atoms with Gasteiger partial charge in [0.25, 0.3) is 5.91 Å². The Bertz CT molecular complexity index is 887. The molecule has 0 unspecified atom stereocenters. The first-order valence-electron chi connectivity index (χ1n) is 8.47. The number of carbonyl (C=O) groups is 1. The quantitative estimate of drug-likeness (QED) is 0.640. The van der Waals surface area contributed by atoms with E-state index in [9.17, 15) is 4.79 Å². The minimum Gasteiger partial charge on any atom is -0.487 e. The second-order valence-electron chi connectivity index (χ2n) is 6.26. The van der Waals surface area contributed by atoms with Gasteiger partial charge in [-0.25, -0.2) is 4.98 Å². The van der Waals surface area contributed by atoms with Crippen molar-refractivity contribution in [1.29, 1.82) is 0 Å². The van der Waals surface area contributed by atoms with Crippen LogP contribution < -0.4 is 4.74 Å². The SMILES string of the molecule is Cc1nc(COc2ccc(C(=O)N(C)Cc3ccccc3C)cc2)cs1. The highest BCUT2D eigenvalue weighted by molar-refractivity contribution is 7.09. The number of hydrogen-bond donors (Lipinski definition) is 0. The Balaban J connectivity index is 1.60. The molecule has 0 atom stereocenters. The molecule has 1 amide bonds. The number of carbonyl (C=O) groups excluding carboxylic acids is 1. The number of rotatable bonds is 6. The van der Waals surface area contributed by atoms with E-state index in [4.69, 9.17) is 4.74 Å². The van der Waals surface area contributed by atoms with Gasteiger partial charge in [-0.05, 0) is 49.2 Å². The molecule has 4 nitrogen and oxygen atoms in total. The Morgan fingerprint density at radius 1 is 1.12 bits per heavy atom. The lowest BCUT2D eigenvalue weighted by Crippen LogP contribution is -2.26. The van der Waals surface area contributed by atoms with Crippen LogP contribution in [0.1, 0.15) is 32.2 Å². The zero-order valence-corrected chi connectivity index (χ0v) is 16.0. The number of benzene rings is 2. The summed E-state index contributed by atoms with van der Waals surface area (Å²) in [7, 11) is 1.82. The lowest BCUT2D eigenvalue weighted by molar-refractivity contribution is 0.0785. The van der Waals surface area contributed by atoms with Gasteiger partial charge >= 0.3 is 0 Å². The fourth-order valence-electron chi connectivity index (χ4n) is 2.66. The van der Waals surface area contributed by atoms with Crippen molar-refractivity contribution in [3.8, 4) is 5.75 Å². The fraction of sp³-hybridized carbons (Fsp3) is 0.238. The van der Waals surface area contributed by atoms with E-state index in [2.05, 4.69) is 24.0 Å². The summed E-state index contributed by atoms with van der Waals surface area (Å²) in [5.74, 6) is 0.726. The Morgan fingerprint density at radius 2 is 1.85 bits per heavy atom. The van der Waals surface area contributed by atoms with Crippen LogP contribution in [0.3, 0.4) is 0 Å². The molecule has 3 aromatic rings. The van der Waals surface area contributed by atoms with Crippen molar-refractivity contribution in [1.82, 2.24) is 9.88 Å². The first kappa shape index (κ1) is 18.1. The fourth-order valence-corrected chi connectivity index (χ4v) is 3.26. The molecule has 2 aromatic carbocycles. The van der Waals surface area contributed by atoms with Gasteiger partial charge in [-0.15, -0.1) is 11.3 Å². The number of aryl methyl sites for hydroxylation is 2. The number of amides is 1. The average Bonchev–Trinajstić information content (AvgIpc) is 3.07. The van der Waals surface area contributed by atoms with Crippen LogP contribution in [-0.2, 0) is 13.2 Å². The summed E-state index contributed by atoms with van der Waals surface area (Å²) in [6.07, 6.45) is 0. The molecule has 0 bridgehead atoms. The van der Waals surface area contributed by atoms with E-state index in [-0.39, 0.29) is 5.91 Å². The second-order valence-corrected chi connectivity index (χ2v) is 7.32. The Labute approximate surface area is 158 Å². The van der Waals surface area contributed by atoms with E-state index in [0.717, 1.165) is 22.0 Å². The van der Waals surface area contributed by atoms with Gasteiger partial charge in [-0.1, -0.05) is 24.3 Å². The Kier molecular flexibility index (Phi) is 5.68. The van der Waals surface area contributed by atoms with Crippen molar-refractivity contribution in [3.63, 3.8) is 0 Å². The van der Waals surface area contributed by atoms with Crippen molar-refractivity contribution < 1.29 is 9.53 Å². The minimum absolute atomic E-state index is 0.00470. The Hall–Kier alpha value is -2.66. The topological polar surface area (TPSA) is 42.4 Å². The predicted octanol–water partition coefficient (Wildman–Crippen LogP) is 4.61. The average molecular weight is 366 g/mol. The molecule has 0 aliphatic carbocycles. The first-order chi connectivity index (χ1) is 12.5. The van der Waals surface area contributed by atoms with Crippen LogP contribution in [0.2, 0.25) is 0 Å². The highest BCUT2D eigenvalue weighted by Crippen LogP contribution is 2.17. The summed E-state index contributed by atoms with van der Waals surface area (Å²) in [6, 6.07) is 15.4. The molecule has 0 aliphatic rings. The molecular weight excluding hydrogens is 344 g/mol. The maximum Gasteiger partial charge on any atom is 0.253 e. The van der Waals surface area contributed by atoms with Gasteiger partial charge in [0.15, 0.2) is 0 Å². The molecular formula is C21H22N2O2S. The summed E-state index contributed by atoms with van der Waals surface area (Å²) in [5.41, 5.74) is 3.92. The van der Waals surface area contributed by atoms with Crippen LogP contribution in [0.25, 0.3) is 0 Å². The van der Waals surface area contributed by atoms with Gasteiger partial charge in [-0.2, -0.15) is 0 Å². The minimum atomic E-state index is -0.00470. The standard InChI is InChI=1S/C21H22N2O2S/c1-15-6-4-5-7-18(15)12-23(3)21(24)17-8-10-20(11-9-17)25-13-19-14-26-16(2)22-19/h4-11,14H,12-13H2,1-3H3. The summed E-state index contributed by atoms with van der Waals surface area (Å²) < 4.78 is 5.73. The zero-order chi connectivity index (χ0) is 18.5. The van der Waals surface area contributed by atoms with E-state index in [0.29, 0.717) is 18.7 Å². The van der Waals surface area contributed by atoms with Gasteiger partial charge < -0.3 is 9.64 Å². The molecule has 1 heterocycles. The molecule has 0 N–H and O–H groups in total. The molecule has 0 aliphatic heterocycles. The first-order valence-corrected chi connectivity index (χ1v) is 9.35. The zero-order valence-electron chi connectivity index (χ0n) is 15.2. The maximum atomic E-state index is 12.6. The molecule has 0 spiro atoms. The number of nitrogens with zero attached hydrogens (tertiary/aromatic N) is 2. The lowest BCUT2D eigenvalue weighted by atomic mass is 10.1. The third-order valence-electron chi connectivity index (χ3n) is 4.17. The summed E-state index contributed by atoms with van der Waals surface area (Å²) >= 11 is 1.61. The van der Waals surface area contributed by atoms with Crippen LogP contribution in [0.5, 0.6) is 5.75 Å². The predicted molar refractivity (Wildman–Crippen MR) is 105 cm³/mol. The largest absolute Gasteiger partial charge is 0.487 e. The molecule has 0 radical (unpaired) electrons. The Morgan fingerprint density at radius 3 is 2.50 bits per heavy atom. The van der Waals surface area contributed by atoms with Gasteiger partial charge in [0, 0.05) is 24.5 Å². The monoisotopic (exact) mass is 366 g/mol. The second kappa shape index (κ2) is 8.15. The molecule has 1 aromatic heterocycles. The number of ether oxygens (including phenoxy) is 1. The van der Waals surface area contributed by atoms with Crippen molar-refractivity contribution in [3.05, 3.63) is 81.3 Å². The van der Waals surface area contributed by atoms with Crippen LogP contribution in [0, 0.1) is 13.8 Å². The highest BCUT2D eigenvalue weighted by atomic mass is 32.1. The molecule has 3 rings (SSSR count). The lowest BCUT2D eigenvalue weighted by Gasteiger charge is -2.18. The third kappa shape index (κ3) is 4.49. The number of aromatic nitrogens is 1. The molecule has 26 heavy (non-hydrogen) atoms. The molecule has 0 fully saturated rings. The van der Waals surface area contributed by atoms with E-state index in [1.807, 2.05) is 43.6 Å². The van der Waals surface area contributed by atoms with Gasteiger partial charge in [-0.3, -0.25) is 4.79 Å². The van der Waals surface area contributed by atoms with Crippen molar-refractivity contribution in [2.45, 2.75) is 27.0 Å². The van der Waals surface area contributed by atoms with Crippen molar-refractivity contribution in [2.24, 2.45) is 0 Å². The van der Waals surface area contributed by atoms with E-state index >= 15 is 0 Å². The van der Waals surface area contributed by atoms with Gasteiger partial charge in [0.2, 0.25) is 0 Å². The summed E-state index contributed by atoms with van der Waals surface area (Å²) in [5, 5.41) is 3.02. The van der Waals surface area contributed by atoms with E-state index in [1.165, 1.54) is 5.56 Å². The third-order valence-corrected chi connectivity index (χ3v) is 4.99. The molecule has 5 heteroatoms. The van der Waals surface area contributed by atoms with E-state index in [1.54, 1.807) is 28.4 Å². The van der Waals surface area contributed by atoms with E-state index < -0.39 is 0 Å². The normalized spacial score (nSPS) is 10.6. The molecule has 134 valence electrons. The van der Waals surface area contributed by atoms with Gasteiger partial charge in [0.1, 0.15) is 12.4 Å². The number of hydrogen-bond acceptors (Lipinski definition) is 4. The van der Waals surface area contributed by atoms with Crippen LogP contribution in [0.4, 0.5) is 0 Å². The summed E-state index contributed by atoms with van der Waals surface area (Å²) in [6.45, 7) is 5.06. The number of thiazole rings is 1. The smallest absolute Gasteiger partial charge is 0.253 e. The van der Waals surface area contributed by atoms with Crippen molar-refractivity contribution >= 4 is 17.2 Å². The van der Waals surface area contributed by atoms with Crippen LogP contribution >= 0.6 is 11.3 Å². The highest BCUT2D eigenvalue weighted by Gasteiger charge is 2.13.